The first-order valence-electron chi connectivity index (χ1n) is 46.2. The van der Waals surface area contributed by atoms with Crippen LogP contribution in [0.15, 0.2) is 463 Å². The molecule has 0 amide bonds. The highest BCUT2D eigenvalue weighted by Gasteiger charge is 2.35. The summed E-state index contributed by atoms with van der Waals surface area (Å²) in [7, 11) is 0. The predicted octanol–water partition coefficient (Wildman–Crippen LogP) is 37.2. The van der Waals surface area contributed by atoms with Crippen molar-refractivity contribution in [2.45, 2.75) is 13.8 Å². The van der Waals surface area contributed by atoms with Crippen molar-refractivity contribution in [2.24, 2.45) is 0 Å². The molecule has 0 N–H and O–H groups in total. The third-order valence-electron chi connectivity index (χ3n) is 27.9. The second-order valence-electron chi connectivity index (χ2n) is 35.7. The van der Waals surface area contributed by atoms with E-state index in [1.807, 2.05) is 18.2 Å². The Hall–Kier alpha value is -18.1. The molecule has 10 heteroatoms. The highest BCUT2D eigenvalue weighted by atomic mass is 16.4. The van der Waals surface area contributed by atoms with Crippen molar-refractivity contribution in [1.29, 1.82) is 0 Å². The van der Waals surface area contributed by atoms with Crippen LogP contribution in [0.3, 0.4) is 0 Å². The molecule has 0 aliphatic heterocycles. The Bertz CT molecular complexity index is 9820. The van der Waals surface area contributed by atoms with Crippen molar-refractivity contribution in [2.75, 3.05) is 19.6 Å². The normalized spacial score (nSPS) is 12.0. The van der Waals surface area contributed by atoms with Crippen LogP contribution in [0.5, 0.6) is 0 Å². The van der Waals surface area contributed by atoms with E-state index in [9.17, 15) is 0 Å². The van der Waals surface area contributed by atoms with E-state index >= 15 is 0 Å². The number of hydrogen-bond acceptors (Lipinski definition) is 10. The molecule has 0 fully saturated rings. The summed E-state index contributed by atoms with van der Waals surface area (Å²) in [4.78, 5) is 9.43. The number of hydrogen-bond donors (Lipinski definition) is 0. The topological polar surface area (TPSA) is 91.8 Å². The Kier molecular flexibility index (Phi) is 17.0. The zero-order valence-corrected chi connectivity index (χ0v) is 73.8. The molecule has 6 aromatic heterocycles. The summed E-state index contributed by atoms with van der Waals surface area (Å²) in [6, 6.07) is 156. The molecule has 0 saturated heterocycles. The second-order valence-corrected chi connectivity index (χ2v) is 35.7. The van der Waals surface area contributed by atoms with E-state index in [1.165, 1.54) is 0 Å². The number of anilines is 12. The van der Waals surface area contributed by atoms with E-state index in [1.54, 1.807) is 0 Å². The molecular formula is C126H78N4O6. The molecule has 136 heavy (non-hydrogen) atoms. The monoisotopic (exact) mass is 1740 g/mol. The molecule has 0 radical (unpaired) electrons. The standard InChI is InChI=1S/C126H78N4O6/c1-75-57-63-85(64-58-75)127(103-51-25-45-95-93-43-19-23-55-111(93)131-119(95)103)107-71-81-33-9-13-39-89(81)115-116-90-40-14-10-34-82(90)72-108(124(116)135-123(107)115)128(86-65-59-76(2)60-66-86)104-52-27-47-97-99-69-79(61-67-113(99)133-121(97)104)80-62-68-114-100(70-80)98-48-28-54-106(122(98)134-114)130(102-50-22-18-38-88(102)78-31-7-4-8-32-78)110-74-84-36-12-16-42-92(84)118-117-91-41-15-11-35-83(91)73-109(125(117)136-126(110)118)129(101-49-21-17-37-87(101)77-29-5-3-6-30-77)105-53-26-46-96-94-44-20-24-56-112(94)132-120(96)105/h3-74H,1-2H3. The van der Waals surface area contributed by atoms with Gasteiger partial charge in [0.05, 0.1) is 56.9 Å². The van der Waals surface area contributed by atoms with Gasteiger partial charge >= 0.3 is 0 Å². The van der Waals surface area contributed by atoms with Gasteiger partial charge in [-0.25, -0.2) is 0 Å². The molecule has 0 bridgehead atoms. The molecule has 0 aliphatic rings. The molecule has 0 atom stereocenters. The van der Waals surface area contributed by atoms with Gasteiger partial charge in [0, 0.05) is 87.1 Å². The number of para-hydroxylation sites is 8. The van der Waals surface area contributed by atoms with Gasteiger partial charge in [-0.05, 0) is 201 Å². The smallest absolute Gasteiger partial charge is 0.160 e. The molecule has 0 unspecified atom stereocenters. The minimum absolute atomic E-state index is 0.705. The van der Waals surface area contributed by atoms with Gasteiger partial charge in [-0.3, -0.25) is 0 Å². The minimum Gasteiger partial charge on any atom is -0.454 e. The number of benzene rings is 22. The van der Waals surface area contributed by atoms with Crippen molar-refractivity contribution in [1.82, 2.24) is 0 Å². The number of rotatable bonds is 15. The Morgan fingerprint density at radius 2 is 0.419 bits per heavy atom. The van der Waals surface area contributed by atoms with Crippen molar-refractivity contribution in [3.63, 3.8) is 0 Å². The lowest BCUT2D eigenvalue weighted by Crippen LogP contribution is -2.12. The van der Waals surface area contributed by atoms with Crippen molar-refractivity contribution in [3.8, 4) is 33.4 Å². The van der Waals surface area contributed by atoms with Gasteiger partial charge in [0.2, 0.25) is 0 Å². The average Bonchev–Trinajstić information content (AvgIpc) is 1.52. The fourth-order valence-electron chi connectivity index (χ4n) is 21.7. The van der Waals surface area contributed by atoms with Crippen molar-refractivity contribution >= 4 is 243 Å². The van der Waals surface area contributed by atoms with E-state index in [4.69, 9.17) is 26.5 Å². The van der Waals surface area contributed by atoms with E-state index in [0.717, 1.165) is 271 Å². The zero-order chi connectivity index (χ0) is 89.5. The summed E-state index contributed by atoms with van der Waals surface area (Å²) in [6.07, 6.45) is 0. The number of nitrogens with zero attached hydrogens (tertiary/aromatic N) is 4. The highest BCUT2D eigenvalue weighted by Crippen LogP contribution is 2.59. The Balaban J connectivity index is 0.624. The summed E-state index contributed by atoms with van der Waals surface area (Å²) in [6.45, 7) is 4.27. The summed E-state index contributed by atoms with van der Waals surface area (Å²) in [5.41, 5.74) is 28.2. The highest BCUT2D eigenvalue weighted by molar-refractivity contribution is 6.34. The van der Waals surface area contributed by atoms with Gasteiger partial charge in [-0.2, -0.15) is 0 Å². The molecule has 10 nitrogen and oxygen atoms in total. The van der Waals surface area contributed by atoms with E-state index in [-0.39, 0.29) is 0 Å². The molecule has 0 spiro atoms. The Morgan fingerprint density at radius 3 is 0.772 bits per heavy atom. The van der Waals surface area contributed by atoms with Crippen LogP contribution in [0.25, 0.3) is 208 Å². The number of fused-ring (bicyclic) bond motifs is 26. The largest absolute Gasteiger partial charge is 0.454 e. The minimum atomic E-state index is 0.705. The number of furan rings is 6. The van der Waals surface area contributed by atoms with Crippen molar-refractivity contribution in [3.05, 3.63) is 448 Å². The molecule has 22 aromatic carbocycles. The molecule has 28 aromatic rings. The first-order valence-corrected chi connectivity index (χ1v) is 46.2. The van der Waals surface area contributed by atoms with Crippen molar-refractivity contribution < 1.29 is 26.5 Å². The van der Waals surface area contributed by atoms with Gasteiger partial charge in [-0.15, -0.1) is 0 Å². The lowest BCUT2D eigenvalue weighted by molar-refractivity contribution is 0.664. The fourth-order valence-corrected chi connectivity index (χ4v) is 21.7. The molecule has 6 heterocycles. The zero-order valence-electron chi connectivity index (χ0n) is 73.8. The predicted molar refractivity (Wildman–Crippen MR) is 565 cm³/mol. The fraction of sp³-hybridized carbons (Fsp3) is 0.0159. The quantitative estimate of drug-likeness (QED) is 0.0988. The maximum Gasteiger partial charge on any atom is 0.160 e. The molecule has 28 rings (SSSR count). The molecule has 638 valence electrons. The van der Waals surface area contributed by atoms with Gasteiger partial charge < -0.3 is 46.1 Å². The van der Waals surface area contributed by atoms with Crippen LogP contribution >= 0.6 is 0 Å². The van der Waals surface area contributed by atoms with E-state index < -0.39 is 0 Å². The van der Waals surface area contributed by atoms with E-state index in [2.05, 4.69) is 452 Å². The maximum atomic E-state index is 8.13. The third kappa shape index (κ3) is 11.8. The summed E-state index contributed by atoms with van der Waals surface area (Å²) >= 11 is 0. The van der Waals surface area contributed by atoms with Gasteiger partial charge in [0.25, 0.3) is 0 Å². The average molecular weight is 1740 g/mol. The maximum absolute atomic E-state index is 8.13. The van der Waals surface area contributed by atoms with Gasteiger partial charge in [-0.1, -0.05) is 327 Å². The van der Waals surface area contributed by atoms with Crippen LogP contribution in [0.2, 0.25) is 0 Å². The van der Waals surface area contributed by atoms with Crippen LogP contribution in [0.1, 0.15) is 11.1 Å². The van der Waals surface area contributed by atoms with Crippen LogP contribution < -0.4 is 19.6 Å². The van der Waals surface area contributed by atoms with Gasteiger partial charge in [0.1, 0.15) is 22.3 Å². The first-order chi connectivity index (χ1) is 67.3. The van der Waals surface area contributed by atoms with Crippen LogP contribution in [0, 0.1) is 13.8 Å². The first kappa shape index (κ1) is 76.7. The Labute approximate surface area is 779 Å². The van der Waals surface area contributed by atoms with Crippen LogP contribution in [-0.4, -0.2) is 0 Å². The Morgan fingerprint density at radius 1 is 0.154 bits per heavy atom. The lowest BCUT2D eigenvalue weighted by atomic mass is 9.96. The number of aryl methyl sites for hydroxylation is 2. The summed E-state index contributed by atoms with van der Waals surface area (Å²) in [5, 5.41) is 20.5. The SMILES string of the molecule is Cc1ccc(N(c2cccc3c2oc2ccccc23)c2cc3ccccc3c3c2oc2c(N(c4ccc(C)cc4)c4cccc5c4oc4ccc(-c6ccc7oc8c(N(c9ccccc9-c9ccccc9)c9cc%10ccccc%10c%10c9oc9c(N(c%11ccccc%11-c%11ccccc%11)c%11cccc%12c%11oc%11ccccc%11%12)cc%11ccccc%11c9%10)cccc8c7c6)cc45)cc4ccccc4c23)cc1. The van der Waals surface area contributed by atoms with E-state index in [0.29, 0.717) is 16.7 Å². The second kappa shape index (κ2) is 30.2. The van der Waals surface area contributed by atoms with Gasteiger partial charge in [0.15, 0.2) is 44.7 Å². The summed E-state index contributed by atoms with van der Waals surface area (Å²) < 4.78 is 44.9. The molecular weight excluding hydrogens is 1670 g/mol. The lowest BCUT2D eigenvalue weighted by Gasteiger charge is -2.28. The molecule has 0 aliphatic carbocycles. The summed E-state index contributed by atoms with van der Waals surface area (Å²) in [5.74, 6) is 0. The van der Waals surface area contributed by atoms with Crippen LogP contribution in [-0.2, 0) is 0 Å². The third-order valence-corrected chi connectivity index (χ3v) is 27.9. The molecule has 0 saturated carbocycles. The van der Waals surface area contributed by atoms with Crippen LogP contribution in [0.4, 0.5) is 68.2 Å².